The van der Waals surface area contributed by atoms with Crippen LogP contribution in [0.15, 0.2) is 22.6 Å². The van der Waals surface area contributed by atoms with Crippen molar-refractivity contribution in [3.05, 3.63) is 34.1 Å². The van der Waals surface area contributed by atoms with Crippen molar-refractivity contribution in [3.63, 3.8) is 0 Å². The average Bonchev–Trinajstić information content (AvgIpc) is 2.73. The van der Waals surface area contributed by atoms with Crippen molar-refractivity contribution in [1.29, 1.82) is 0 Å². The molecule has 1 aromatic carbocycles. The molecule has 0 aliphatic rings. The molecule has 1 heterocycles. The van der Waals surface area contributed by atoms with E-state index in [0.717, 1.165) is 6.42 Å². The Kier molecular flexibility index (Phi) is 3.99. The number of nitrogens with two attached hydrogens (primary N) is 1. The Bertz CT molecular complexity index is 493. The summed E-state index contributed by atoms with van der Waals surface area (Å²) in [6.07, 6.45) is 1.50. The number of hydrogen-bond donors (Lipinski definition) is 1. The van der Waals surface area contributed by atoms with Crippen LogP contribution in [0.5, 0.6) is 0 Å². The molecule has 2 N–H and O–H groups in total. The van der Waals surface area contributed by atoms with Crippen molar-refractivity contribution in [2.45, 2.75) is 12.8 Å². The highest BCUT2D eigenvalue weighted by atomic mass is 35.5. The van der Waals surface area contributed by atoms with Gasteiger partial charge in [0, 0.05) is 22.0 Å². The molecule has 0 amide bonds. The summed E-state index contributed by atoms with van der Waals surface area (Å²) in [4.78, 5) is 0. The van der Waals surface area contributed by atoms with Crippen LogP contribution in [0, 0.1) is 0 Å². The van der Waals surface area contributed by atoms with E-state index in [-0.39, 0.29) is 0 Å². The minimum absolute atomic E-state index is 0.418. The Hall–Kier alpha value is -1.10. The van der Waals surface area contributed by atoms with Crippen LogP contribution in [0.2, 0.25) is 10.0 Å². The van der Waals surface area contributed by atoms with E-state index in [1.807, 2.05) is 0 Å². The van der Waals surface area contributed by atoms with Gasteiger partial charge in [0.15, 0.2) is 0 Å². The van der Waals surface area contributed by atoms with Gasteiger partial charge in [-0.1, -0.05) is 23.2 Å². The zero-order valence-corrected chi connectivity index (χ0v) is 10.5. The Morgan fingerprint density at radius 3 is 2.47 bits per heavy atom. The fourth-order valence-electron chi connectivity index (χ4n) is 1.40. The number of aryl methyl sites for hydroxylation is 1. The molecule has 0 saturated heterocycles. The van der Waals surface area contributed by atoms with Crippen LogP contribution in [-0.2, 0) is 6.42 Å². The quantitative estimate of drug-likeness (QED) is 0.929. The summed E-state index contributed by atoms with van der Waals surface area (Å²) in [5.74, 6) is 0.989. The molecule has 0 aliphatic carbocycles. The van der Waals surface area contributed by atoms with Gasteiger partial charge in [-0.15, -0.1) is 10.2 Å². The van der Waals surface area contributed by atoms with Crippen LogP contribution >= 0.6 is 23.2 Å². The Morgan fingerprint density at radius 2 is 1.82 bits per heavy atom. The fourth-order valence-corrected chi connectivity index (χ4v) is 1.93. The van der Waals surface area contributed by atoms with Gasteiger partial charge in [0.1, 0.15) is 0 Å². The van der Waals surface area contributed by atoms with Crippen molar-refractivity contribution in [2.75, 3.05) is 6.54 Å². The largest absolute Gasteiger partial charge is 0.421 e. The molecule has 2 rings (SSSR count). The first-order valence-electron chi connectivity index (χ1n) is 5.18. The van der Waals surface area contributed by atoms with Gasteiger partial charge in [-0.05, 0) is 31.2 Å². The highest BCUT2D eigenvalue weighted by Crippen LogP contribution is 2.26. The first kappa shape index (κ1) is 12.4. The standard InChI is InChI=1S/C11H11Cl2N3O/c12-8-4-7(5-9(13)6-8)11-16-15-10(17-11)2-1-3-14/h4-6H,1-3,14H2. The second kappa shape index (κ2) is 5.49. The summed E-state index contributed by atoms with van der Waals surface area (Å²) in [7, 11) is 0. The summed E-state index contributed by atoms with van der Waals surface area (Å²) >= 11 is 11.8. The number of hydrogen-bond acceptors (Lipinski definition) is 4. The minimum atomic E-state index is 0.418. The maximum atomic E-state index is 5.90. The summed E-state index contributed by atoms with van der Waals surface area (Å²) in [5.41, 5.74) is 6.13. The van der Waals surface area contributed by atoms with Gasteiger partial charge in [0.05, 0.1) is 0 Å². The Balaban J connectivity index is 2.24. The molecule has 0 fully saturated rings. The topological polar surface area (TPSA) is 64.9 Å². The lowest BCUT2D eigenvalue weighted by atomic mass is 10.2. The molecule has 2 aromatic rings. The summed E-state index contributed by atoms with van der Waals surface area (Å²) < 4.78 is 5.49. The van der Waals surface area contributed by atoms with Gasteiger partial charge in [-0.25, -0.2) is 0 Å². The number of nitrogens with zero attached hydrogens (tertiary/aromatic N) is 2. The number of aromatic nitrogens is 2. The third-order valence-electron chi connectivity index (χ3n) is 2.17. The molecule has 0 saturated carbocycles. The summed E-state index contributed by atoms with van der Waals surface area (Å²) in [6.45, 7) is 0.598. The van der Waals surface area contributed by atoms with Crippen molar-refractivity contribution < 1.29 is 4.42 Å². The lowest BCUT2D eigenvalue weighted by Crippen LogP contribution is -2.00. The summed E-state index contributed by atoms with van der Waals surface area (Å²) in [6, 6.07) is 5.11. The lowest BCUT2D eigenvalue weighted by Gasteiger charge is -1.97. The average molecular weight is 272 g/mol. The van der Waals surface area contributed by atoms with E-state index in [0.29, 0.717) is 40.4 Å². The van der Waals surface area contributed by atoms with Crippen LogP contribution in [0.3, 0.4) is 0 Å². The van der Waals surface area contributed by atoms with E-state index >= 15 is 0 Å². The SMILES string of the molecule is NCCCc1nnc(-c2cc(Cl)cc(Cl)c2)o1. The highest BCUT2D eigenvalue weighted by Gasteiger charge is 2.09. The van der Waals surface area contributed by atoms with Crippen molar-refractivity contribution >= 4 is 23.2 Å². The molecule has 1 aromatic heterocycles. The molecule has 4 nitrogen and oxygen atoms in total. The maximum Gasteiger partial charge on any atom is 0.247 e. The second-order valence-electron chi connectivity index (χ2n) is 3.55. The predicted octanol–water partition coefficient (Wildman–Crippen LogP) is 2.93. The maximum absolute atomic E-state index is 5.90. The van der Waals surface area contributed by atoms with E-state index in [1.165, 1.54) is 0 Å². The zero-order chi connectivity index (χ0) is 12.3. The van der Waals surface area contributed by atoms with E-state index in [9.17, 15) is 0 Å². The van der Waals surface area contributed by atoms with Crippen LogP contribution in [-0.4, -0.2) is 16.7 Å². The zero-order valence-electron chi connectivity index (χ0n) is 8.99. The molecule has 0 aliphatic heterocycles. The molecular weight excluding hydrogens is 261 g/mol. The molecule has 0 bridgehead atoms. The van der Waals surface area contributed by atoms with Crippen LogP contribution in [0.1, 0.15) is 12.3 Å². The van der Waals surface area contributed by atoms with Gasteiger partial charge in [-0.2, -0.15) is 0 Å². The Morgan fingerprint density at radius 1 is 1.12 bits per heavy atom. The van der Waals surface area contributed by atoms with E-state index in [4.69, 9.17) is 33.4 Å². The number of rotatable bonds is 4. The first-order chi connectivity index (χ1) is 8.19. The van der Waals surface area contributed by atoms with E-state index in [1.54, 1.807) is 18.2 Å². The molecule has 6 heteroatoms. The second-order valence-corrected chi connectivity index (χ2v) is 4.42. The van der Waals surface area contributed by atoms with Crippen molar-refractivity contribution in [2.24, 2.45) is 5.73 Å². The van der Waals surface area contributed by atoms with Gasteiger partial charge in [-0.3, -0.25) is 0 Å². The van der Waals surface area contributed by atoms with Crippen LogP contribution in [0.25, 0.3) is 11.5 Å². The molecule has 0 spiro atoms. The molecule has 90 valence electrons. The lowest BCUT2D eigenvalue weighted by molar-refractivity contribution is 0.499. The Labute approximate surface area is 109 Å². The molecule has 0 unspecified atom stereocenters. The van der Waals surface area contributed by atoms with Crippen LogP contribution < -0.4 is 5.73 Å². The number of halogens is 2. The van der Waals surface area contributed by atoms with Gasteiger partial charge in [0.25, 0.3) is 0 Å². The molecule has 0 atom stereocenters. The number of benzene rings is 1. The fraction of sp³-hybridized carbons (Fsp3) is 0.273. The van der Waals surface area contributed by atoms with Gasteiger partial charge in [0.2, 0.25) is 11.8 Å². The highest BCUT2D eigenvalue weighted by molar-refractivity contribution is 6.35. The molecule has 17 heavy (non-hydrogen) atoms. The normalized spacial score (nSPS) is 10.8. The smallest absolute Gasteiger partial charge is 0.247 e. The first-order valence-corrected chi connectivity index (χ1v) is 5.93. The molecular formula is C11H11Cl2N3O. The monoisotopic (exact) mass is 271 g/mol. The minimum Gasteiger partial charge on any atom is -0.421 e. The van der Waals surface area contributed by atoms with Crippen LogP contribution in [0.4, 0.5) is 0 Å². The predicted molar refractivity (Wildman–Crippen MR) is 67.1 cm³/mol. The third kappa shape index (κ3) is 3.19. The third-order valence-corrected chi connectivity index (χ3v) is 2.61. The molecule has 0 radical (unpaired) electrons. The van der Waals surface area contributed by atoms with E-state index < -0.39 is 0 Å². The van der Waals surface area contributed by atoms with Crippen molar-refractivity contribution in [1.82, 2.24) is 10.2 Å². The summed E-state index contributed by atoms with van der Waals surface area (Å²) in [5, 5.41) is 8.95. The van der Waals surface area contributed by atoms with Gasteiger partial charge < -0.3 is 10.2 Å². The van der Waals surface area contributed by atoms with Gasteiger partial charge >= 0.3 is 0 Å². The van der Waals surface area contributed by atoms with Crippen molar-refractivity contribution in [3.8, 4) is 11.5 Å². The van der Waals surface area contributed by atoms with E-state index in [2.05, 4.69) is 10.2 Å².